The van der Waals surface area contributed by atoms with Crippen LogP contribution < -0.4 is 10.5 Å². The summed E-state index contributed by atoms with van der Waals surface area (Å²) in [6.07, 6.45) is 1.76. The van der Waals surface area contributed by atoms with E-state index in [-0.39, 0.29) is 27.2 Å². The summed E-state index contributed by atoms with van der Waals surface area (Å²) in [5.74, 6) is 0.644. The van der Waals surface area contributed by atoms with Crippen LogP contribution in [0.3, 0.4) is 0 Å². The number of rotatable bonds is 2. The molecular weight excluding hydrogens is 405 g/mol. The Labute approximate surface area is 176 Å². The van der Waals surface area contributed by atoms with Gasteiger partial charge in [0.2, 0.25) is 0 Å². The fourth-order valence-electron chi connectivity index (χ4n) is 3.78. The molecule has 0 radical (unpaired) electrons. The van der Waals surface area contributed by atoms with E-state index in [1.807, 2.05) is 17.0 Å². The molecule has 0 aliphatic carbocycles. The van der Waals surface area contributed by atoms with Gasteiger partial charge >= 0.3 is 0 Å². The van der Waals surface area contributed by atoms with Crippen molar-refractivity contribution in [1.82, 2.24) is 19.5 Å². The summed E-state index contributed by atoms with van der Waals surface area (Å²) >= 11 is 5.93. The van der Waals surface area contributed by atoms with Gasteiger partial charge in [-0.3, -0.25) is 14.3 Å². The highest BCUT2D eigenvalue weighted by Gasteiger charge is 2.24. The number of fused-ring (bicyclic) bond motifs is 2. The van der Waals surface area contributed by atoms with Crippen molar-refractivity contribution in [1.29, 1.82) is 0 Å². The van der Waals surface area contributed by atoms with Crippen molar-refractivity contribution in [3.63, 3.8) is 0 Å². The Morgan fingerprint density at radius 1 is 1.13 bits per heavy atom. The first-order valence-electron chi connectivity index (χ1n) is 9.44. The molecule has 6 nitrogen and oxygen atoms in total. The van der Waals surface area contributed by atoms with E-state index in [1.54, 1.807) is 38.4 Å². The zero-order valence-electron chi connectivity index (χ0n) is 16.4. The maximum Gasteiger partial charge on any atom is 0.263 e. The molecule has 1 aromatic carbocycles. The van der Waals surface area contributed by atoms with E-state index in [0.29, 0.717) is 30.2 Å². The van der Waals surface area contributed by atoms with Gasteiger partial charge in [0.15, 0.2) is 0 Å². The minimum atomic E-state index is -0.539. The molecule has 0 spiro atoms. The number of anilines is 1. The van der Waals surface area contributed by atoms with Gasteiger partial charge in [-0.1, -0.05) is 17.7 Å². The fourth-order valence-corrected chi connectivity index (χ4v) is 3.94. The number of pyridine rings is 2. The largest absolute Gasteiger partial charge is 0.346 e. The number of benzene rings is 1. The molecule has 150 valence electrons. The van der Waals surface area contributed by atoms with E-state index in [4.69, 9.17) is 16.6 Å². The highest BCUT2D eigenvalue weighted by molar-refractivity contribution is 6.30. The average Bonchev–Trinajstić information content (AvgIpc) is 3.16. The van der Waals surface area contributed by atoms with Gasteiger partial charge in [0, 0.05) is 36.4 Å². The van der Waals surface area contributed by atoms with Gasteiger partial charge in [0.1, 0.15) is 17.5 Å². The van der Waals surface area contributed by atoms with Crippen molar-refractivity contribution in [2.45, 2.75) is 20.0 Å². The van der Waals surface area contributed by atoms with Gasteiger partial charge in [-0.2, -0.15) is 0 Å². The van der Waals surface area contributed by atoms with Crippen LogP contribution in [-0.2, 0) is 20.1 Å². The van der Waals surface area contributed by atoms with Crippen LogP contribution >= 0.6 is 11.6 Å². The Bertz CT molecular complexity index is 1360. The first kappa shape index (κ1) is 18.7. The van der Waals surface area contributed by atoms with Gasteiger partial charge in [-0.05, 0) is 36.8 Å². The van der Waals surface area contributed by atoms with Crippen LogP contribution in [0.1, 0.15) is 17.1 Å². The maximum absolute atomic E-state index is 14.8. The lowest BCUT2D eigenvalue weighted by atomic mass is 10.1. The molecule has 5 rings (SSSR count). The molecule has 8 heteroatoms. The lowest BCUT2D eigenvalue weighted by Gasteiger charge is -2.19. The zero-order valence-corrected chi connectivity index (χ0v) is 17.1. The molecule has 0 bridgehead atoms. The van der Waals surface area contributed by atoms with Crippen LogP contribution in [0, 0.1) is 12.7 Å². The van der Waals surface area contributed by atoms with E-state index in [1.165, 1.54) is 10.6 Å². The second-order valence-electron chi connectivity index (χ2n) is 7.34. The first-order valence-corrected chi connectivity index (χ1v) is 9.81. The number of hydrogen-bond acceptors (Lipinski definition) is 5. The number of aromatic nitrogens is 4. The van der Waals surface area contributed by atoms with Crippen molar-refractivity contribution in [2.75, 3.05) is 4.90 Å². The van der Waals surface area contributed by atoms with Gasteiger partial charge in [0.05, 0.1) is 28.8 Å². The summed E-state index contributed by atoms with van der Waals surface area (Å²) in [6.45, 7) is 2.98. The molecule has 0 atom stereocenters. The molecule has 1 aliphatic heterocycles. The molecule has 0 saturated carbocycles. The average molecular weight is 422 g/mol. The SMILES string of the molecule is Cc1nc2cc(N3Cc4cccnc4C3)nc(-c3ccc(Cl)cc3F)c2c(=O)n1C. The summed E-state index contributed by atoms with van der Waals surface area (Å²) in [5.41, 5.74) is 2.78. The molecule has 0 unspecified atom stereocenters. The lowest BCUT2D eigenvalue weighted by molar-refractivity contribution is 0.631. The van der Waals surface area contributed by atoms with E-state index < -0.39 is 5.82 Å². The minimum Gasteiger partial charge on any atom is -0.346 e. The molecule has 4 aromatic rings. The topological polar surface area (TPSA) is 63.9 Å². The minimum absolute atomic E-state index is 0.212. The maximum atomic E-state index is 14.8. The van der Waals surface area contributed by atoms with Gasteiger partial charge < -0.3 is 4.90 Å². The van der Waals surface area contributed by atoms with Crippen molar-refractivity contribution in [3.05, 3.63) is 80.9 Å². The summed E-state index contributed by atoms with van der Waals surface area (Å²) in [7, 11) is 1.64. The molecular formula is C22H17ClFN5O. The first-order chi connectivity index (χ1) is 14.4. The van der Waals surface area contributed by atoms with Crippen LogP contribution in [0.15, 0.2) is 47.4 Å². The van der Waals surface area contributed by atoms with Crippen molar-refractivity contribution in [3.8, 4) is 11.3 Å². The third kappa shape index (κ3) is 2.93. The summed E-state index contributed by atoms with van der Waals surface area (Å²) in [5, 5.41) is 0.558. The normalized spacial score (nSPS) is 13.1. The van der Waals surface area contributed by atoms with Gasteiger partial charge in [0.25, 0.3) is 5.56 Å². The second kappa shape index (κ2) is 6.88. The predicted molar refractivity (Wildman–Crippen MR) is 114 cm³/mol. The molecule has 30 heavy (non-hydrogen) atoms. The van der Waals surface area contributed by atoms with Crippen molar-refractivity contribution >= 4 is 28.3 Å². The quantitative estimate of drug-likeness (QED) is 0.489. The van der Waals surface area contributed by atoms with Crippen LogP contribution in [0.25, 0.3) is 22.2 Å². The second-order valence-corrected chi connectivity index (χ2v) is 7.77. The van der Waals surface area contributed by atoms with Crippen LogP contribution in [0.2, 0.25) is 5.02 Å². The molecule has 4 heterocycles. The smallest absolute Gasteiger partial charge is 0.263 e. The third-order valence-corrected chi connectivity index (χ3v) is 5.70. The lowest BCUT2D eigenvalue weighted by Crippen LogP contribution is -2.23. The molecule has 0 N–H and O–H groups in total. The van der Waals surface area contributed by atoms with Crippen LogP contribution in [0.4, 0.5) is 10.2 Å². The highest BCUT2D eigenvalue weighted by atomic mass is 35.5. The zero-order chi connectivity index (χ0) is 21.0. The monoisotopic (exact) mass is 421 g/mol. The number of nitrogens with zero attached hydrogens (tertiary/aromatic N) is 5. The molecule has 0 amide bonds. The summed E-state index contributed by atoms with van der Waals surface area (Å²) < 4.78 is 16.3. The van der Waals surface area contributed by atoms with Crippen LogP contribution in [-0.4, -0.2) is 19.5 Å². The Hall–Kier alpha value is -3.32. The third-order valence-electron chi connectivity index (χ3n) is 5.47. The van der Waals surface area contributed by atoms with Crippen molar-refractivity contribution < 1.29 is 4.39 Å². The number of aryl methyl sites for hydroxylation is 1. The predicted octanol–water partition coefficient (Wildman–Crippen LogP) is 4.01. The summed E-state index contributed by atoms with van der Waals surface area (Å²) in [4.78, 5) is 28.8. The van der Waals surface area contributed by atoms with Crippen LogP contribution in [0.5, 0.6) is 0 Å². The van der Waals surface area contributed by atoms with Gasteiger partial charge in [-0.15, -0.1) is 0 Å². The van der Waals surface area contributed by atoms with E-state index in [9.17, 15) is 9.18 Å². The standard InChI is InChI=1S/C22H17ClFN5O/c1-12-26-17-9-19(29-10-13-4-3-7-25-18(13)11-29)27-21(20(17)22(30)28(12)2)15-6-5-14(23)8-16(15)24/h3-9H,10-11H2,1-2H3. The Balaban J connectivity index is 1.77. The summed E-state index contributed by atoms with van der Waals surface area (Å²) in [6, 6.07) is 10.1. The fraction of sp³-hybridized carbons (Fsp3) is 0.182. The Morgan fingerprint density at radius 2 is 1.97 bits per heavy atom. The molecule has 1 aliphatic rings. The highest BCUT2D eigenvalue weighted by Crippen LogP contribution is 2.33. The Kier molecular flexibility index (Phi) is 4.29. The Morgan fingerprint density at radius 3 is 2.73 bits per heavy atom. The molecule has 3 aromatic heterocycles. The van der Waals surface area contributed by atoms with E-state index in [2.05, 4.69) is 9.97 Å². The van der Waals surface area contributed by atoms with Gasteiger partial charge in [-0.25, -0.2) is 14.4 Å². The van der Waals surface area contributed by atoms with E-state index >= 15 is 0 Å². The molecule has 0 saturated heterocycles. The number of hydrogen-bond donors (Lipinski definition) is 0. The van der Waals surface area contributed by atoms with Crippen molar-refractivity contribution in [2.24, 2.45) is 7.05 Å². The number of halogens is 2. The molecule has 0 fully saturated rings. The van der Waals surface area contributed by atoms with E-state index in [0.717, 1.165) is 11.3 Å².